The molecule has 0 saturated carbocycles. The molecule has 0 bridgehead atoms. The number of carbonyl (C=O) groups is 1. The maximum Gasteiger partial charge on any atom is 0.150 e. The molecule has 1 heterocycles. The maximum atomic E-state index is 10.8. The molecule has 4 nitrogen and oxygen atoms in total. The van der Waals surface area contributed by atoms with Crippen molar-refractivity contribution in [2.24, 2.45) is 7.05 Å². The molecular weight excluding hydrogens is 388 g/mol. The smallest absolute Gasteiger partial charge is 0.150 e. The number of halogens is 2. The van der Waals surface area contributed by atoms with Crippen molar-refractivity contribution in [2.45, 2.75) is 20.0 Å². The molecule has 0 unspecified atom stereocenters. The Bertz CT molecular complexity index is 615. The zero-order chi connectivity index (χ0) is 14.7. The number of hydrogen-bond donors (Lipinski definition) is 0. The molecule has 0 saturated heterocycles. The van der Waals surface area contributed by atoms with Crippen molar-refractivity contribution in [3.8, 4) is 5.75 Å². The highest BCUT2D eigenvalue weighted by molar-refractivity contribution is 9.11. The molecule has 0 atom stereocenters. The van der Waals surface area contributed by atoms with Crippen molar-refractivity contribution in [1.29, 1.82) is 0 Å². The Labute approximate surface area is 134 Å². The monoisotopic (exact) mass is 400 g/mol. The highest BCUT2D eigenvalue weighted by Crippen LogP contribution is 2.34. The van der Waals surface area contributed by atoms with Gasteiger partial charge in [-0.1, -0.05) is 6.92 Å². The quantitative estimate of drug-likeness (QED) is 0.713. The van der Waals surface area contributed by atoms with Crippen molar-refractivity contribution in [2.75, 3.05) is 0 Å². The van der Waals surface area contributed by atoms with Gasteiger partial charge in [0.25, 0.3) is 0 Å². The summed E-state index contributed by atoms with van der Waals surface area (Å²) in [5.74, 6) is 0.676. The van der Waals surface area contributed by atoms with E-state index in [1.54, 1.807) is 12.1 Å². The van der Waals surface area contributed by atoms with Crippen molar-refractivity contribution >= 4 is 38.1 Å². The van der Waals surface area contributed by atoms with E-state index in [-0.39, 0.29) is 0 Å². The van der Waals surface area contributed by atoms with Crippen molar-refractivity contribution in [3.63, 3.8) is 0 Å². The van der Waals surface area contributed by atoms with E-state index >= 15 is 0 Å². The number of nitrogens with zero attached hydrogens (tertiary/aromatic N) is 2. The van der Waals surface area contributed by atoms with Crippen LogP contribution in [0, 0.1) is 0 Å². The van der Waals surface area contributed by atoms with Gasteiger partial charge in [-0.05, 0) is 56.5 Å². The molecule has 0 radical (unpaired) electrons. The van der Waals surface area contributed by atoms with Crippen molar-refractivity contribution in [3.05, 3.63) is 44.1 Å². The van der Waals surface area contributed by atoms with Gasteiger partial charge in [-0.25, -0.2) is 0 Å². The van der Waals surface area contributed by atoms with E-state index in [9.17, 15) is 4.79 Å². The third-order valence-corrected chi connectivity index (χ3v) is 4.09. The number of benzene rings is 1. The van der Waals surface area contributed by atoms with Gasteiger partial charge in [-0.15, -0.1) is 0 Å². The summed E-state index contributed by atoms with van der Waals surface area (Å²) in [7, 11) is 1.90. The number of aryl methyl sites for hydroxylation is 2. The van der Waals surface area contributed by atoms with Crippen molar-refractivity contribution in [1.82, 2.24) is 9.78 Å². The Kier molecular flexibility index (Phi) is 4.99. The van der Waals surface area contributed by atoms with E-state index in [0.717, 1.165) is 33.0 Å². The first-order valence-corrected chi connectivity index (χ1v) is 7.72. The molecule has 0 aliphatic heterocycles. The molecule has 1 aromatic carbocycles. The first-order chi connectivity index (χ1) is 9.55. The highest BCUT2D eigenvalue weighted by atomic mass is 79.9. The summed E-state index contributed by atoms with van der Waals surface area (Å²) in [5.41, 5.74) is 2.63. The number of aldehydes is 1. The summed E-state index contributed by atoms with van der Waals surface area (Å²) in [6.07, 6.45) is 1.70. The molecule has 6 heteroatoms. The fourth-order valence-electron chi connectivity index (χ4n) is 1.81. The van der Waals surface area contributed by atoms with Gasteiger partial charge in [0.05, 0.1) is 20.3 Å². The second kappa shape index (κ2) is 6.54. The number of hydrogen-bond acceptors (Lipinski definition) is 3. The second-order valence-electron chi connectivity index (χ2n) is 4.32. The van der Waals surface area contributed by atoms with Crippen LogP contribution >= 0.6 is 31.9 Å². The van der Waals surface area contributed by atoms with Crippen LogP contribution < -0.4 is 4.74 Å². The van der Waals surface area contributed by atoms with Gasteiger partial charge in [0.1, 0.15) is 18.6 Å². The first-order valence-electron chi connectivity index (χ1n) is 6.14. The van der Waals surface area contributed by atoms with Crippen molar-refractivity contribution < 1.29 is 9.53 Å². The molecule has 0 aliphatic rings. The van der Waals surface area contributed by atoms with Gasteiger partial charge in [0.15, 0.2) is 0 Å². The standard InChI is InChI=1S/C14H14Br2N2O2/c1-3-10-6-11(18(2)17-10)8-20-14-12(15)4-9(7-19)5-13(14)16/h4-7H,3,8H2,1-2H3. The van der Waals surface area contributed by atoms with Crippen LogP contribution in [0.5, 0.6) is 5.75 Å². The van der Waals surface area contributed by atoms with E-state index in [4.69, 9.17) is 4.74 Å². The molecular formula is C14H14Br2N2O2. The van der Waals surface area contributed by atoms with Crippen LogP contribution in [0.15, 0.2) is 27.1 Å². The Balaban J connectivity index is 2.18. The first kappa shape index (κ1) is 15.3. The zero-order valence-electron chi connectivity index (χ0n) is 11.2. The topological polar surface area (TPSA) is 44.1 Å². The average molecular weight is 402 g/mol. The summed E-state index contributed by atoms with van der Waals surface area (Å²) in [4.78, 5) is 10.8. The van der Waals surface area contributed by atoms with E-state index in [1.165, 1.54) is 0 Å². The number of ether oxygens (including phenoxy) is 1. The molecule has 2 aromatic rings. The molecule has 106 valence electrons. The molecule has 0 N–H and O–H groups in total. The Hall–Kier alpha value is -1.14. The van der Waals surface area contributed by atoms with Gasteiger partial charge in [0, 0.05) is 12.6 Å². The summed E-state index contributed by atoms with van der Waals surface area (Å²) < 4.78 is 9.13. The summed E-state index contributed by atoms with van der Waals surface area (Å²) in [5, 5.41) is 4.38. The van der Waals surface area contributed by atoms with Crippen LogP contribution in [0.1, 0.15) is 28.7 Å². The Morgan fingerprint density at radius 1 is 1.30 bits per heavy atom. The molecule has 20 heavy (non-hydrogen) atoms. The summed E-state index contributed by atoms with van der Waals surface area (Å²) in [6.45, 7) is 2.49. The van der Waals surface area contributed by atoms with E-state index in [2.05, 4.69) is 43.9 Å². The molecule has 0 fully saturated rings. The predicted octanol–water partition coefficient (Wildman–Crippen LogP) is 3.90. The van der Waals surface area contributed by atoms with E-state index in [1.807, 2.05) is 17.8 Å². The summed E-state index contributed by atoms with van der Waals surface area (Å²) in [6, 6.07) is 5.49. The van der Waals surface area contributed by atoms with Crippen LogP contribution in [0.2, 0.25) is 0 Å². The predicted molar refractivity (Wildman–Crippen MR) is 84.1 cm³/mol. The molecule has 1 aromatic heterocycles. The molecule has 0 amide bonds. The zero-order valence-corrected chi connectivity index (χ0v) is 14.4. The third-order valence-electron chi connectivity index (χ3n) is 2.91. The largest absolute Gasteiger partial charge is 0.485 e. The van der Waals surface area contributed by atoms with Gasteiger partial charge in [-0.2, -0.15) is 5.10 Å². The molecule has 0 spiro atoms. The fraction of sp³-hybridized carbons (Fsp3) is 0.286. The Morgan fingerprint density at radius 3 is 2.45 bits per heavy atom. The second-order valence-corrected chi connectivity index (χ2v) is 6.03. The average Bonchev–Trinajstić information content (AvgIpc) is 2.78. The fourth-order valence-corrected chi connectivity index (χ4v) is 3.26. The van der Waals surface area contributed by atoms with Crippen LogP contribution in [0.25, 0.3) is 0 Å². The molecule has 2 rings (SSSR count). The number of aromatic nitrogens is 2. The van der Waals surface area contributed by atoms with E-state index < -0.39 is 0 Å². The lowest BCUT2D eigenvalue weighted by atomic mass is 10.2. The number of rotatable bonds is 5. The van der Waals surface area contributed by atoms with Crippen LogP contribution in [-0.2, 0) is 20.1 Å². The van der Waals surface area contributed by atoms with E-state index in [0.29, 0.717) is 17.9 Å². The van der Waals surface area contributed by atoms with Crippen LogP contribution in [0.3, 0.4) is 0 Å². The highest BCUT2D eigenvalue weighted by Gasteiger charge is 2.11. The van der Waals surface area contributed by atoms with Gasteiger partial charge in [0.2, 0.25) is 0 Å². The van der Waals surface area contributed by atoms with Gasteiger partial charge < -0.3 is 4.74 Å². The SMILES string of the molecule is CCc1cc(COc2c(Br)cc(C=O)cc2Br)n(C)n1. The lowest BCUT2D eigenvalue weighted by Crippen LogP contribution is -2.04. The Morgan fingerprint density at radius 2 is 1.95 bits per heavy atom. The minimum atomic E-state index is 0.418. The van der Waals surface area contributed by atoms with Gasteiger partial charge in [-0.3, -0.25) is 9.48 Å². The molecule has 0 aliphatic carbocycles. The van der Waals surface area contributed by atoms with Gasteiger partial charge >= 0.3 is 0 Å². The van der Waals surface area contributed by atoms with Crippen LogP contribution in [0.4, 0.5) is 0 Å². The third kappa shape index (κ3) is 3.30. The normalized spacial score (nSPS) is 10.6. The minimum absolute atomic E-state index is 0.418. The summed E-state index contributed by atoms with van der Waals surface area (Å²) >= 11 is 6.83. The lowest BCUT2D eigenvalue weighted by molar-refractivity contribution is 0.112. The van der Waals surface area contributed by atoms with Crippen LogP contribution in [-0.4, -0.2) is 16.1 Å². The minimum Gasteiger partial charge on any atom is -0.485 e. The maximum absolute atomic E-state index is 10.8. The lowest BCUT2D eigenvalue weighted by Gasteiger charge is -2.11. The number of carbonyl (C=O) groups excluding carboxylic acids is 1.